The fourth-order valence-electron chi connectivity index (χ4n) is 2.43. The molecule has 0 fully saturated rings. The Morgan fingerprint density at radius 1 is 1.15 bits per heavy atom. The molecule has 1 aliphatic rings. The fraction of sp³-hybridized carbons (Fsp3) is 0.118. The van der Waals surface area contributed by atoms with Crippen LogP contribution in [0.2, 0.25) is 10.0 Å². The van der Waals surface area contributed by atoms with E-state index in [0.717, 1.165) is 5.01 Å². The summed E-state index contributed by atoms with van der Waals surface area (Å²) >= 11 is 12.3. The maximum atomic E-state index is 12.7. The molecule has 1 unspecified atom stereocenters. The second-order valence-electron chi connectivity index (χ2n) is 5.46. The van der Waals surface area contributed by atoms with Crippen molar-refractivity contribution in [2.75, 3.05) is 5.01 Å². The van der Waals surface area contributed by atoms with Gasteiger partial charge in [-0.05, 0) is 31.2 Å². The number of rotatable bonds is 4. The van der Waals surface area contributed by atoms with Crippen molar-refractivity contribution in [1.82, 2.24) is 0 Å². The highest BCUT2D eigenvalue weighted by atomic mass is 35.5. The van der Waals surface area contributed by atoms with Crippen molar-refractivity contribution in [2.24, 2.45) is 21.1 Å². The first kappa shape index (κ1) is 18.0. The van der Waals surface area contributed by atoms with Gasteiger partial charge in [-0.2, -0.15) is 20.3 Å². The molecule has 0 bridgehead atoms. The van der Waals surface area contributed by atoms with E-state index < -0.39 is 17.9 Å². The Morgan fingerprint density at radius 3 is 2.46 bits per heavy atom. The summed E-state index contributed by atoms with van der Waals surface area (Å²) in [6.45, 7) is 1.65. The molecule has 0 spiro atoms. The Labute approximate surface area is 159 Å². The number of hydrogen-bond acceptors (Lipinski definition) is 5. The molecular weight excluding hydrogens is 377 g/mol. The van der Waals surface area contributed by atoms with Gasteiger partial charge < -0.3 is 5.73 Å². The number of azo groups is 1. The number of para-hydroxylation sites is 1. The highest BCUT2D eigenvalue weighted by Gasteiger charge is 2.36. The fourth-order valence-corrected chi connectivity index (χ4v) is 2.99. The molecule has 1 heterocycles. The molecular formula is C17H13Cl2N5O2. The van der Waals surface area contributed by atoms with Crippen LogP contribution in [0.15, 0.2) is 57.8 Å². The number of amides is 2. The van der Waals surface area contributed by atoms with Crippen molar-refractivity contribution in [3.05, 3.63) is 58.1 Å². The van der Waals surface area contributed by atoms with Gasteiger partial charge in [0, 0.05) is 0 Å². The van der Waals surface area contributed by atoms with E-state index in [1.54, 1.807) is 43.3 Å². The average molecular weight is 390 g/mol. The molecule has 132 valence electrons. The van der Waals surface area contributed by atoms with Crippen LogP contribution in [0.1, 0.15) is 17.3 Å². The van der Waals surface area contributed by atoms with E-state index in [4.69, 9.17) is 28.9 Å². The number of nitrogens with zero attached hydrogens (tertiary/aromatic N) is 4. The van der Waals surface area contributed by atoms with Crippen LogP contribution in [0.5, 0.6) is 0 Å². The second-order valence-corrected chi connectivity index (χ2v) is 6.28. The number of nitrogens with two attached hydrogens (primary N) is 1. The molecule has 1 aliphatic heterocycles. The van der Waals surface area contributed by atoms with E-state index in [1.807, 2.05) is 0 Å². The summed E-state index contributed by atoms with van der Waals surface area (Å²) in [5.74, 6) is -1.08. The van der Waals surface area contributed by atoms with Crippen molar-refractivity contribution in [3.63, 3.8) is 0 Å². The zero-order valence-electron chi connectivity index (χ0n) is 13.6. The van der Waals surface area contributed by atoms with Gasteiger partial charge in [0.25, 0.3) is 11.8 Å². The number of hydrazone groups is 1. The largest absolute Gasteiger partial charge is 0.366 e. The third-order valence-electron chi connectivity index (χ3n) is 3.70. The summed E-state index contributed by atoms with van der Waals surface area (Å²) in [7, 11) is 0. The summed E-state index contributed by atoms with van der Waals surface area (Å²) < 4.78 is 0. The van der Waals surface area contributed by atoms with Crippen molar-refractivity contribution in [2.45, 2.75) is 13.0 Å². The molecule has 2 amide bonds. The lowest BCUT2D eigenvalue weighted by Gasteiger charge is -2.15. The third kappa shape index (κ3) is 3.31. The molecule has 1 atom stereocenters. The minimum Gasteiger partial charge on any atom is -0.366 e. The molecule has 3 rings (SSSR count). The van der Waals surface area contributed by atoms with E-state index in [-0.39, 0.29) is 16.9 Å². The molecule has 0 saturated heterocycles. The van der Waals surface area contributed by atoms with E-state index in [2.05, 4.69) is 15.3 Å². The Morgan fingerprint density at radius 2 is 1.81 bits per heavy atom. The smallest absolute Gasteiger partial charge is 0.280 e. The Balaban J connectivity index is 1.91. The van der Waals surface area contributed by atoms with Gasteiger partial charge in [0.05, 0.1) is 27.0 Å². The number of carbonyl (C=O) groups is 2. The Hall–Kier alpha value is -2.77. The molecule has 9 heteroatoms. The van der Waals surface area contributed by atoms with E-state index in [1.165, 1.54) is 6.07 Å². The van der Waals surface area contributed by atoms with Crippen LogP contribution < -0.4 is 10.7 Å². The van der Waals surface area contributed by atoms with Gasteiger partial charge in [0.15, 0.2) is 6.04 Å². The molecule has 0 aromatic heterocycles. The highest BCUT2D eigenvalue weighted by Crippen LogP contribution is 2.36. The van der Waals surface area contributed by atoms with Crippen LogP contribution >= 0.6 is 23.2 Å². The van der Waals surface area contributed by atoms with E-state index >= 15 is 0 Å². The molecule has 0 radical (unpaired) electrons. The number of benzene rings is 2. The summed E-state index contributed by atoms with van der Waals surface area (Å²) in [5.41, 5.74) is 6.51. The first-order valence-corrected chi connectivity index (χ1v) is 8.28. The van der Waals surface area contributed by atoms with Crippen molar-refractivity contribution in [3.8, 4) is 0 Å². The van der Waals surface area contributed by atoms with Gasteiger partial charge in [-0.3, -0.25) is 9.59 Å². The lowest BCUT2D eigenvalue weighted by Crippen LogP contribution is -2.30. The van der Waals surface area contributed by atoms with Gasteiger partial charge in [-0.1, -0.05) is 41.4 Å². The van der Waals surface area contributed by atoms with E-state index in [0.29, 0.717) is 15.8 Å². The van der Waals surface area contributed by atoms with Crippen molar-refractivity contribution < 1.29 is 9.59 Å². The summed E-state index contributed by atoms with van der Waals surface area (Å²) in [6, 6.07) is 10.4. The summed E-state index contributed by atoms with van der Waals surface area (Å²) in [4.78, 5) is 24.2. The standard InChI is InChI=1S/C17H13Cl2N5O2/c1-9-14(22-21-13-8-3-2-5-10(13)16(20)25)17(26)24(23-9)15-11(18)6-4-7-12(15)19/h2-8,14H,1H3,(H2,20,25). The first-order chi connectivity index (χ1) is 12.4. The predicted molar refractivity (Wildman–Crippen MR) is 100 cm³/mol. The zero-order chi connectivity index (χ0) is 18.8. The van der Waals surface area contributed by atoms with Gasteiger partial charge in [-0.25, -0.2) is 0 Å². The maximum absolute atomic E-state index is 12.7. The van der Waals surface area contributed by atoms with Crippen LogP contribution in [-0.4, -0.2) is 23.6 Å². The molecule has 7 nitrogen and oxygen atoms in total. The Kier molecular flexibility index (Phi) is 5.01. The van der Waals surface area contributed by atoms with Crippen LogP contribution in [0.3, 0.4) is 0 Å². The van der Waals surface area contributed by atoms with Gasteiger partial charge >= 0.3 is 0 Å². The SMILES string of the molecule is CC1=NN(c2c(Cl)cccc2Cl)C(=O)C1N=Nc1ccccc1C(N)=O. The normalized spacial score (nSPS) is 17.0. The lowest BCUT2D eigenvalue weighted by atomic mass is 10.2. The van der Waals surface area contributed by atoms with Crippen LogP contribution in [0.4, 0.5) is 11.4 Å². The highest BCUT2D eigenvalue weighted by molar-refractivity contribution is 6.40. The maximum Gasteiger partial charge on any atom is 0.280 e. The number of halogens is 2. The molecule has 2 aromatic rings. The molecule has 0 saturated carbocycles. The lowest BCUT2D eigenvalue weighted by molar-refractivity contribution is -0.117. The number of carbonyl (C=O) groups excluding carboxylic acids is 2. The topological polar surface area (TPSA) is 100 Å². The minimum absolute atomic E-state index is 0.210. The molecule has 2 aromatic carbocycles. The zero-order valence-corrected chi connectivity index (χ0v) is 15.1. The molecule has 26 heavy (non-hydrogen) atoms. The predicted octanol–water partition coefficient (Wildman–Crippen LogP) is 3.97. The second kappa shape index (κ2) is 7.23. The van der Waals surface area contributed by atoms with Gasteiger partial charge in [0.2, 0.25) is 0 Å². The van der Waals surface area contributed by atoms with Crippen LogP contribution in [0.25, 0.3) is 0 Å². The number of primary amides is 1. The van der Waals surface area contributed by atoms with Crippen molar-refractivity contribution in [1.29, 1.82) is 0 Å². The quantitative estimate of drug-likeness (QED) is 0.799. The van der Waals surface area contributed by atoms with E-state index in [9.17, 15) is 9.59 Å². The number of anilines is 1. The van der Waals surface area contributed by atoms with Crippen LogP contribution in [-0.2, 0) is 4.79 Å². The average Bonchev–Trinajstić information content (AvgIpc) is 2.87. The van der Waals surface area contributed by atoms with Crippen LogP contribution in [0, 0.1) is 0 Å². The number of hydrogen-bond donors (Lipinski definition) is 1. The first-order valence-electron chi connectivity index (χ1n) is 7.53. The van der Waals surface area contributed by atoms with Gasteiger partial charge in [0.1, 0.15) is 5.69 Å². The third-order valence-corrected chi connectivity index (χ3v) is 4.31. The summed E-state index contributed by atoms with van der Waals surface area (Å²) in [6.07, 6.45) is 0. The molecule has 2 N–H and O–H groups in total. The van der Waals surface area contributed by atoms with Gasteiger partial charge in [-0.15, -0.1) is 0 Å². The van der Waals surface area contributed by atoms with Crippen molar-refractivity contribution >= 4 is 52.1 Å². The monoisotopic (exact) mass is 389 g/mol. The molecule has 0 aliphatic carbocycles. The minimum atomic E-state index is -0.941. The Bertz CT molecular complexity index is 938. The summed E-state index contributed by atoms with van der Waals surface area (Å²) in [5, 5.41) is 14.0.